The molecule has 0 saturated heterocycles. The summed E-state index contributed by atoms with van der Waals surface area (Å²) in [6, 6.07) is 3.85. The number of nitrogens with zero attached hydrogens (tertiary/aromatic N) is 1. The molecule has 27 heavy (non-hydrogen) atoms. The van der Waals surface area contributed by atoms with Crippen LogP contribution in [0, 0.1) is 5.82 Å². The molecule has 0 aromatic heterocycles. The lowest BCUT2D eigenvalue weighted by atomic mass is 10.1. The van der Waals surface area contributed by atoms with Crippen molar-refractivity contribution >= 4 is 39.8 Å². The highest BCUT2D eigenvalue weighted by Gasteiger charge is 2.25. The predicted octanol–water partition coefficient (Wildman–Crippen LogP) is 3.39. The van der Waals surface area contributed by atoms with Crippen molar-refractivity contribution in [3.8, 4) is 0 Å². The molecule has 0 heterocycles. The minimum Gasteiger partial charge on any atom is -0.356 e. The summed E-state index contributed by atoms with van der Waals surface area (Å²) < 4.78 is 72.6. The highest BCUT2D eigenvalue weighted by atomic mass is 127. The minimum atomic E-state index is -4.16. The first-order valence-electron chi connectivity index (χ1n) is 7.96. The maximum Gasteiger partial charge on any atom is 0.389 e. The Balaban J connectivity index is 0.00000676. The van der Waals surface area contributed by atoms with Gasteiger partial charge in [0.05, 0.1) is 5.75 Å². The molecule has 156 valence electrons. The van der Waals surface area contributed by atoms with Crippen molar-refractivity contribution in [1.82, 2.24) is 10.6 Å². The summed E-state index contributed by atoms with van der Waals surface area (Å²) in [6.07, 6.45) is -3.57. The second-order valence-corrected chi connectivity index (χ2v) is 8.05. The molecular weight excluding hydrogens is 501 g/mol. The molecule has 1 rings (SSSR count). The van der Waals surface area contributed by atoms with Crippen LogP contribution in [0.25, 0.3) is 0 Å². The van der Waals surface area contributed by atoms with E-state index in [1.165, 1.54) is 25.2 Å². The van der Waals surface area contributed by atoms with Crippen LogP contribution in [0.4, 0.5) is 17.6 Å². The van der Waals surface area contributed by atoms with Gasteiger partial charge in [0.1, 0.15) is 5.82 Å². The first-order valence-corrected chi connectivity index (χ1v) is 10.0. The van der Waals surface area contributed by atoms with E-state index in [9.17, 15) is 26.0 Å². The molecule has 0 aliphatic heterocycles. The summed E-state index contributed by atoms with van der Waals surface area (Å²) in [5, 5.41) is 5.77. The molecule has 0 saturated carbocycles. The van der Waals surface area contributed by atoms with E-state index < -0.39 is 28.3 Å². The number of rotatable bonds is 8. The van der Waals surface area contributed by atoms with Crippen LogP contribution in [0.3, 0.4) is 0 Å². The van der Waals surface area contributed by atoms with Gasteiger partial charge in [-0.3, -0.25) is 4.99 Å². The summed E-state index contributed by atoms with van der Waals surface area (Å²) in [5.74, 6) is -0.367. The van der Waals surface area contributed by atoms with E-state index in [1.54, 1.807) is 0 Å². The van der Waals surface area contributed by atoms with Gasteiger partial charge >= 0.3 is 6.18 Å². The van der Waals surface area contributed by atoms with Crippen LogP contribution >= 0.6 is 24.0 Å². The average Bonchev–Trinajstić information content (AvgIpc) is 2.50. The van der Waals surface area contributed by atoms with Gasteiger partial charge < -0.3 is 10.6 Å². The van der Waals surface area contributed by atoms with E-state index in [4.69, 9.17) is 0 Å². The van der Waals surface area contributed by atoms with Crippen molar-refractivity contribution in [2.24, 2.45) is 4.99 Å². The molecule has 0 atom stereocenters. The van der Waals surface area contributed by atoms with Crippen LogP contribution < -0.4 is 10.6 Å². The number of halogens is 5. The second-order valence-electron chi connectivity index (χ2n) is 5.91. The largest absolute Gasteiger partial charge is 0.389 e. The molecule has 0 aliphatic carbocycles. The van der Waals surface area contributed by atoms with Crippen LogP contribution in [-0.2, 0) is 22.1 Å². The lowest BCUT2D eigenvalue weighted by Gasteiger charge is -2.14. The highest BCUT2D eigenvalue weighted by molar-refractivity contribution is 14.0. The van der Waals surface area contributed by atoms with E-state index in [2.05, 4.69) is 15.6 Å². The van der Waals surface area contributed by atoms with E-state index in [-0.39, 0.29) is 42.7 Å². The summed E-state index contributed by atoms with van der Waals surface area (Å²) >= 11 is 0. The van der Waals surface area contributed by atoms with Gasteiger partial charge in [0.15, 0.2) is 15.8 Å². The number of guanidine groups is 1. The number of hydrogen-bond acceptors (Lipinski definition) is 3. The number of alkyl halides is 3. The molecule has 1 aromatic carbocycles. The second kappa shape index (κ2) is 11.7. The van der Waals surface area contributed by atoms with Crippen molar-refractivity contribution in [2.75, 3.05) is 19.8 Å². The van der Waals surface area contributed by atoms with Crippen molar-refractivity contribution in [3.05, 3.63) is 35.1 Å². The van der Waals surface area contributed by atoms with Crippen LogP contribution in [0.1, 0.15) is 30.4 Å². The number of sulfone groups is 1. The van der Waals surface area contributed by atoms with Crippen molar-refractivity contribution in [2.45, 2.75) is 37.7 Å². The third-order valence-corrected chi connectivity index (χ3v) is 4.27. The molecule has 0 spiro atoms. The first kappa shape index (κ1) is 25.9. The van der Waals surface area contributed by atoms with Crippen LogP contribution in [-0.4, -0.2) is 40.4 Å². The molecule has 0 bridgehead atoms. The molecule has 0 unspecified atom stereocenters. The van der Waals surface area contributed by atoms with E-state index >= 15 is 0 Å². The topological polar surface area (TPSA) is 70.6 Å². The number of hydrogen-bond donors (Lipinski definition) is 2. The fourth-order valence-corrected chi connectivity index (χ4v) is 3.09. The molecular formula is C16H24F4IN3O2S. The van der Waals surface area contributed by atoms with Gasteiger partial charge in [0.25, 0.3) is 0 Å². The fraction of sp³-hybridized carbons (Fsp3) is 0.562. The monoisotopic (exact) mass is 525 g/mol. The Hall–Kier alpha value is -1.11. The SMILES string of the molecule is CN=C(NCCCCC(F)(F)F)NCc1cc(F)ccc1CS(C)(=O)=O.I. The molecule has 1 aromatic rings. The molecule has 2 N–H and O–H groups in total. The number of aliphatic imine (C=N–C) groups is 1. The Bertz CT molecular complexity index is 725. The van der Waals surface area contributed by atoms with Gasteiger partial charge in [-0.25, -0.2) is 12.8 Å². The molecule has 0 fully saturated rings. The maximum atomic E-state index is 13.5. The molecule has 0 radical (unpaired) electrons. The third-order valence-electron chi connectivity index (χ3n) is 3.44. The fourth-order valence-electron chi connectivity index (χ4n) is 2.24. The standard InChI is InChI=1S/C16H23F4N3O2S.HI/c1-21-15(22-8-4-3-7-16(18,19)20)23-10-13-9-14(17)6-5-12(13)11-26(2,24)25;/h5-6,9H,3-4,7-8,10-11H2,1-2H3,(H2,21,22,23);1H. The lowest BCUT2D eigenvalue weighted by Crippen LogP contribution is -2.37. The van der Waals surface area contributed by atoms with Gasteiger partial charge in [-0.1, -0.05) is 6.07 Å². The van der Waals surface area contributed by atoms with E-state index in [0.717, 1.165) is 6.26 Å². The molecule has 0 aliphatic rings. The Morgan fingerprint density at radius 3 is 2.37 bits per heavy atom. The normalized spacial score (nSPS) is 12.4. The highest BCUT2D eigenvalue weighted by Crippen LogP contribution is 2.21. The van der Waals surface area contributed by atoms with Crippen LogP contribution in [0.15, 0.2) is 23.2 Å². The number of nitrogens with one attached hydrogen (secondary N) is 2. The van der Waals surface area contributed by atoms with E-state index in [1.807, 2.05) is 0 Å². The third kappa shape index (κ3) is 12.1. The number of unbranched alkanes of at least 4 members (excludes halogenated alkanes) is 1. The van der Waals surface area contributed by atoms with Crippen LogP contribution in [0.2, 0.25) is 0 Å². The Kier molecular flexibility index (Phi) is 11.2. The quantitative estimate of drug-likeness (QED) is 0.180. The Morgan fingerprint density at radius 2 is 1.81 bits per heavy atom. The molecule has 5 nitrogen and oxygen atoms in total. The van der Waals surface area contributed by atoms with Gasteiger partial charge in [0.2, 0.25) is 0 Å². The van der Waals surface area contributed by atoms with Gasteiger partial charge in [-0.05, 0) is 36.1 Å². The minimum absolute atomic E-state index is 0. The predicted molar refractivity (Wildman–Crippen MR) is 108 cm³/mol. The van der Waals surface area contributed by atoms with Gasteiger partial charge in [-0.15, -0.1) is 24.0 Å². The maximum absolute atomic E-state index is 13.5. The van der Waals surface area contributed by atoms with Crippen molar-refractivity contribution in [1.29, 1.82) is 0 Å². The summed E-state index contributed by atoms with van der Waals surface area (Å²) in [4.78, 5) is 3.94. The lowest BCUT2D eigenvalue weighted by molar-refractivity contribution is -0.135. The zero-order valence-corrected chi connectivity index (χ0v) is 18.2. The van der Waals surface area contributed by atoms with Crippen LogP contribution in [0.5, 0.6) is 0 Å². The Labute approximate surface area is 174 Å². The average molecular weight is 525 g/mol. The van der Waals surface area contributed by atoms with Gasteiger partial charge in [0, 0.05) is 32.8 Å². The first-order chi connectivity index (χ1) is 12.0. The van der Waals surface area contributed by atoms with E-state index in [0.29, 0.717) is 30.1 Å². The van der Waals surface area contributed by atoms with Crippen molar-refractivity contribution in [3.63, 3.8) is 0 Å². The van der Waals surface area contributed by atoms with Crippen molar-refractivity contribution < 1.29 is 26.0 Å². The summed E-state index contributed by atoms with van der Waals surface area (Å²) in [6.45, 7) is 0.430. The summed E-state index contributed by atoms with van der Waals surface area (Å²) in [7, 11) is -1.78. The zero-order chi connectivity index (χ0) is 19.8. The van der Waals surface area contributed by atoms with Gasteiger partial charge in [-0.2, -0.15) is 13.2 Å². The number of benzene rings is 1. The molecule has 11 heteroatoms. The smallest absolute Gasteiger partial charge is 0.356 e. The zero-order valence-electron chi connectivity index (χ0n) is 15.1. The Morgan fingerprint density at radius 1 is 1.15 bits per heavy atom. The molecule has 0 amide bonds. The summed E-state index contributed by atoms with van der Waals surface area (Å²) in [5.41, 5.74) is 0.942.